The van der Waals surface area contributed by atoms with Crippen LogP contribution < -0.4 is 8.37 Å². The molecule has 0 radical (unpaired) electrons. The summed E-state index contributed by atoms with van der Waals surface area (Å²) in [6, 6.07) is 28.3. The van der Waals surface area contributed by atoms with E-state index in [1.165, 1.54) is 0 Å². The van der Waals surface area contributed by atoms with E-state index in [0.717, 1.165) is 45.4 Å². The minimum Gasteiger partial charge on any atom is -0.391 e. The highest BCUT2D eigenvalue weighted by molar-refractivity contribution is 7.90. The second-order valence-corrected chi connectivity index (χ2v) is 5.66. The van der Waals surface area contributed by atoms with Crippen molar-refractivity contribution >= 4 is 33.9 Å². The summed E-state index contributed by atoms with van der Waals surface area (Å²) in [7, 11) is 0. The van der Waals surface area contributed by atoms with Crippen LogP contribution in [-0.2, 0) is 0 Å². The maximum Gasteiger partial charge on any atom is 0.293 e. The Balaban J connectivity index is 1.55. The maximum absolute atomic E-state index is 5.77. The van der Waals surface area contributed by atoms with Crippen LogP contribution in [0.25, 0.3) is 21.5 Å². The van der Waals surface area contributed by atoms with E-state index in [-0.39, 0.29) is 0 Å². The van der Waals surface area contributed by atoms with Crippen molar-refractivity contribution in [2.24, 2.45) is 0 Å². The van der Waals surface area contributed by atoms with Gasteiger partial charge in [0.15, 0.2) is 0 Å². The fraction of sp³-hybridized carbons (Fsp3) is 0. The second-order valence-electron chi connectivity index (χ2n) is 5.19. The number of benzene rings is 4. The normalized spacial score (nSPS) is 10.8. The molecule has 2 nitrogen and oxygen atoms in total. The molecule has 0 aliphatic heterocycles. The minimum absolute atomic E-state index is 0.799. The average molecular weight is 318 g/mol. The van der Waals surface area contributed by atoms with E-state index in [0.29, 0.717) is 0 Å². The van der Waals surface area contributed by atoms with Crippen molar-refractivity contribution in [2.75, 3.05) is 0 Å². The lowest BCUT2D eigenvalue weighted by atomic mass is 10.1. The summed E-state index contributed by atoms with van der Waals surface area (Å²) in [6.07, 6.45) is 0. The zero-order valence-electron chi connectivity index (χ0n) is 12.3. The van der Waals surface area contributed by atoms with Gasteiger partial charge in [0.1, 0.15) is 11.5 Å². The Hall–Kier alpha value is -2.65. The van der Waals surface area contributed by atoms with E-state index >= 15 is 0 Å². The Kier molecular flexibility index (Phi) is 3.78. The van der Waals surface area contributed by atoms with Crippen LogP contribution in [0, 0.1) is 0 Å². The molecule has 4 rings (SSSR count). The highest BCUT2D eigenvalue weighted by Gasteiger charge is 2.05. The molecule has 4 aromatic carbocycles. The minimum atomic E-state index is 0.799. The van der Waals surface area contributed by atoms with E-state index in [1.807, 2.05) is 60.7 Å². The van der Waals surface area contributed by atoms with Gasteiger partial charge in [0, 0.05) is 10.8 Å². The van der Waals surface area contributed by atoms with Crippen LogP contribution in [0.15, 0.2) is 84.9 Å². The van der Waals surface area contributed by atoms with E-state index < -0.39 is 0 Å². The molecule has 0 aliphatic rings. The second kappa shape index (κ2) is 6.23. The largest absolute Gasteiger partial charge is 0.391 e. The lowest BCUT2D eigenvalue weighted by molar-refractivity contribution is 0.547. The molecule has 0 heterocycles. The van der Waals surface area contributed by atoms with Gasteiger partial charge in [0.2, 0.25) is 0 Å². The predicted octanol–water partition coefficient (Wildman–Crippen LogP) is 6.01. The first-order chi connectivity index (χ1) is 11.4. The summed E-state index contributed by atoms with van der Waals surface area (Å²) in [5.41, 5.74) is 0. The van der Waals surface area contributed by atoms with Gasteiger partial charge in [-0.2, -0.15) is 0 Å². The zero-order chi connectivity index (χ0) is 15.5. The van der Waals surface area contributed by atoms with Crippen LogP contribution in [0.2, 0.25) is 0 Å². The fourth-order valence-corrected chi connectivity index (χ4v) is 3.10. The van der Waals surface area contributed by atoms with Gasteiger partial charge >= 0.3 is 0 Å². The molecule has 112 valence electrons. The van der Waals surface area contributed by atoms with E-state index in [2.05, 4.69) is 24.3 Å². The van der Waals surface area contributed by atoms with Gasteiger partial charge in [0.25, 0.3) is 12.3 Å². The van der Waals surface area contributed by atoms with Gasteiger partial charge in [0.05, 0.1) is 0 Å². The van der Waals surface area contributed by atoms with Crippen LogP contribution in [0.5, 0.6) is 11.5 Å². The van der Waals surface area contributed by atoms with Gasteiger partial charge in [-0.05, 0) is 22.9 Å². The van der Waals surface area contributed by atoms with Gasteiger partial charge in [-0.3, -0.25) is 0 Å². The van der Waals surface area contributed by atoms with Crippen molar-refractivity contribution in [3.8, 4) is 11.5 Å². The van der Waals surface area contributed by atoms with Crippen molar-refractivity contribution in [3.63, 3.8) is 0 Å². The Morgan fingerprint density at radius 2 is 0.913 bits per heavy atom. The first-order valence-electron chi connectivity index (χ1n) is 7.38. The van der Waals surface area contributed by atoms with Crippen molar-refractivity contribution in [1.82, 2.24) is 0 Å². The lowest BCUT2D eigenvalue weighted by Gasteiger charge is -2.09. The molecule has 0 saturated carbocycles. The van der Waals surface area contributed by atoms with E-state index in [4.69, 9.17) is 8.37 Å². The van der Waals surface area contributed by atoms with Crippen LogP contribution in [0.3, 0.4) is 0 Å². The molecular weight excluding hydrogens is 304 g/mol. The molecule has 3 heteroatoms. The third-order valence-electron chi connectivity index (χ3n) is 3.75. The van der Waals surface area contributed by atoms with Gasteiger partial charge < -0.3 is 8.37 Å². The summed E-state index contributed by atoms with van der Waals surface area (Å²) < 4.78 is 11.5. The smallest absolute Gasteiger partial charge is 0.293 e. The number of hydrogen-bond donors (Lipinski definition) is 0. The molecule has 0 aliphatic carbocycles. The molecule has 0 unspecified atom stereocenters. The Labute approximate surface area is 139 Å². The molecule has 0 saturated heterocycles. The summed E-state index contributed by atoms with van der Waals surface area (Å²) in [6.45, 7) is 0. The highest BCUT2D eigenvalue weighted by atomic mass is 32.2. The van der Waals surface area contributed by atoms with Gasteiger partial charge in [-0.1, -0.05) is 72.8 Å². The topological polar surface area (TPSA) is 18.5 Å². The monoisotopic (exact) mass is 318 g/mol. The Morgan fingerprint density at radius 1 is 0.478 bits per heavy atom. The molecule has 0 atom stereocenters. The Bertz CT molecular complexity index is 876. The molecule has 0 aromatic heterocycles. The molecule has 0 fully saturated rings. The molecule has 0 amide bonds. The van der Waals surface area contributed by atoms with E-state index in [9.17, 15) is 0 Å². The summed E-state index contributed by atoms with van der Waals surface area (Å²) >= 11 is 0.989. The predicted molar refractivity (Wildman–Crippen MR) is 96.7 cm³/mol. The van der Waals surface area contributed by atoms with Crippen LogP contribution in [-0.4, -0.2) is 0 Å². The van der Waals surface area contributed by atoms with Crippen molar-refractivity contribution in [1.29, 1.82) is 0 Å². The summed E-state index contributed by atoms with van der Waals surface area (Å²) in [5.74, 6) is 1.60. The van der Waals surface area contributed by atoms with Crippen molar-refractivity contribution < 1.29 is 8.37 Å². The fourth-order valence-electron chi connectivity index (χ4n) is 2.63. The maximum atomic E-state index is 5.77. The molecule has 4 aromatic rings. The lowest BCUT2D eigenvalue weighted by Crippen LogP contribution is -1.89. The summed E-state index contributed by atoms with van der Waals surface area (Å²) in [4.78, 5) is 0. The molecule has 0 bridgehead atoms. The first-order valence-corrected chi connectivity index (χ1v) is 8.05. The van der Waals surface area contributed by atoms with Crippen molar-refractivity contribution in [3.05, 3.63) is 84.9 Å². The summed E-state index contributed by atoms with van der Waals surface area (Å²) in [5, 5.41) is 4.44. The highest BCUT2D eigenvalue weighted by Crippen LogP contribution is 2.31. The SMILES string of the molecule is c1ccc2c(OSOc3cccc4ccccc34)cccc2c1. The number of fused-ring (bicyclic) bond motifs is 2. The third-order valence-corrected chi connectivity index (χ3v) is 4.24. The first kappa shape index (κ1) is 14.0. The number of rotatable bonds is 4. The Morgan fingerprint density at radius 3 is 1.43 bits per heavy atom. The molecular formula is C20H14O2S. The van der Waals surface area contributed by atoms with Crippen LogP contribution >= 0.6 is 12.3 Å². The van der Waals surface area contributed by atoms with Gasteiger partial charge in [-0.25, -0.2) is 0 Å². The zero-order valence-corrected chi connectivity index (χ0v) is 13.1. The molecule has 0 N–H and O–H groups in total. The third kappa shape index (κ3) is 2.83. The molecule has 0 spiro atoms. The van der Waals surface area contributed by atoms with E-state index in [1.54, 1.807) is 0 Å². The van der Waals surface area contributed by atoms with Crippen molar-refractivity contribution in [2.45, 2.75) is 0 Å². The number of hydrogen-bond acceptors (Lipinski definition) is 3. The van der Waals surface area contributed by atoms with Gasteiger partial charge in [-0.15, -0.1) is 0 Å². The standard InChI is InChI=1S/C20H14O2S/c1-3-11-17-15(7-1)9-5-13-19(17)21-23-22-20-14-6-10-16-8-2-4-12-18(16)20/h1-14H. The molecule has 23 heavy (non-hydrogen) atoms. The van der Waals surface area contributed by atoms with Crippen LogP contribution in [0.1, 0.15) is 0 Å². The average Bonchev–Trinajstić information content (AvgIpc) is 2.62. The quantitative estimate of drug-likeness (QED) is 0.429. The van der Waals surface area contributed by atoms with Crippen LogP contribution in [0.4, 0.5) is 0 Å².